The number of esters is 1. The van der Waals surface area contributed by atoms with Crippen LogP contribution in [0.4, 0.5) is 0 Å². The Bertz CT molecular complexity index is 1130. The quantitative estimate of drug-likeness (QED) is 0.535. The molecule has 9 nitrogen and oxygen atoms in total. The molecule has 1 fully saturated rings. The van der Waals surface area contributed by atoms with Gasteiger partial charge in [-0.15, -0.1) is 0 Å². The standard InChI is InChI=1S/C24H26N4O5/c1-17-22(18(2)28(25-17)15-19-7-4-3-5-8-19)24(31)33-16-21(29)26-10-12-27(13-11-26)23(30)20-9-6-14-32-20/h3-9,14H,10-13,15-16H2,1-2H3. The van der Waals surface area contributed by atoms with Gasteiger partial charge in [0.25, 0.3) is 11.8 Å². The highest BCUT2D eigenvalue weighted by Crippen LogP contribution is 2.16. The van der Waals surface area contributed by atoms with Crippen LogP contribution in [-0.4, -0.2) is 70.1 Å². The summed E-state index contributed by atoms with van der Waals surface area (Å²) in [5, 5.41) is 4.46. The third-order valence-corrected chi connectivity index (χ3v) is 5.74. The normalized spacial score (nSPS) is 13.8. The van der Waals surface area contributed by atoms with E-state index in [4.69, 9.17) is 9.15 Å². The lowest BCUT2D eigenvalue weighted by Gasteiger charge is -2.34. The van der Waals surface area contributed by atoms with Crippen molar-refractivity contribution in [1.82, 2.24) is 19.6 Å². The zero-order chi connectivity index (χ0) is 23.4. The minimum Gasteiger partial charge on any atom is -0.459 e. The van der Waals surface area contributed by atoms with E-state index >= 15 is 0 Å². The number of furan rings is 1. The van der Waals surface area contributed by atoms with Gasteiger partial charge in [0.15, 0.2) is 12.4 Å². The van der Waals surface area contributed by atoms with E-state index in [1.54, 1.807) is 33.5 Å². The fourth-order valence-electron chi connectivity index (χ4n) is 3.91. The topological polar surface area (TPSA) is 97.9 Å². The Morgan fingerprint density at radius 2 is 1.67 bits per heavy atom. The fourth-order valence-corrected chi connectivity index (χ4v) is 3.91. The number of aromatic nitrogens is 2. The zero-order valence-corrected chi connectivity index (χ0v) is 18.7. The molecule has 9 heteroatoms. The van der Waals surface area contributed by atoms with Gasteiger partial charge in [-0.05, 0) is 31.5 Å². The predicted octanol–water partition coefficient (Wildman–Crippen LogP) is 2.28. The predicted molar refractivity (Wildman–Crippen MR) is 119 cm³/mol. The van der Waals surface area contributed by atoms with Crippen LogP contribution >= 0.6 is 0 Å². The van der Waals surface area contributed by atoms with Gasteiger partial charge in [-0.1, -0.05) is 30.3 Å². The van der Waals surface area contributed by atoms with Crippen LogP contribution in [0.3, 0.4) is 0 Å². The monoisotopic (exact) mass is 450 g/mol. The van der Waals surface area contributed by atoms with Crippen molar-refractivity contribution < 1.29 is 23.5 Å². The summed E-state index contributed by atoms with van der Waals surface area (Å²) in [4.78, 5) is 40.8. The molecule has 0 radical (unpaired) electrons. The van der Waals surface area contributed by atoms with Crippen molar-refractivity contribution in [2.24, 2.45) is 0 Å². The molecule has 0 saturated carbocycles. The van der Waals surface area contributed by atoms with E-state index in [0.717, 1.165) is 5.56 Å². The number of benzene rings is 1. The number of rotatable bonds is 6. The maximum absolute atomic E-state index is 12.7. The number of hydrogen-bond donors (Lipinski definition) is 0. The van der Waals surface area contributed by atoms with Gasteiger partial charge in [-0.25, -0.2) is 4.79 Å². The number of amides is 2. The summed E-state index contributed by atoms with van der Waals surface area (Å²) in [5.74, 6) is -0.774. The van der Waals surface area contributed by atoms with E-state index in [1.165, 1.54) is 6.26 Å². The van der Waals surface area contributed by atoms with Crippen molar-refractivity contribution in [3.05, 3.63) is 77.0 Å². The highest BCUT2D eigenvalue weighted by Gasteiger charge is 2.27. The lowest BCUT2D eigenvalue weighted by molar-refractivity contribution is -0.136. The molecule has 0 unspecified atom stereocenters. The fraction of sp³-hybridized carbons (Fsp3) is 0.333. The highest BCUT2D eigenvalue weighted by molar-refractivity contribution is 5.93. The summed E-state index contributed by atoms with van der Waals surface area (Å²) in [6.45, 7) is 5.28. The summed E-state index contributed by atoms with van der Waals surface area (Å²) < 4.78 is 12.2. The third kappa shape index (κ3) is 4.97. The second kappa shape index (κ2) is 9.72. The molecule has 3 aromatic rings. The van der Waals surface area contributed by atoms with Crippen LogP contribution in [0.1, 0.15) is 37.9 Å². The number of aryl methyl sites for hydroxylation is 1. The molecule has 0 atom stereocenters. The Balaban J connectivity index is 1.30. The maximum atomic E-state index is 12.7. The molecule has 0 spiro atoms. The Morgan fingerprint density at radius 3 is 2.33 bits per heavy atom. The molecule has 0 bridgehead atoms. The van der Waals surface area contributed by atoms with Crippen molar-refractivity contribution >= 4 is 17.8 Å². The second-order valence-corrected chi connectivity index (χ2v) is 7.92. The number of piperazine rings is 1. The first kappa shape index (κ1) is 22.3. The molecule has 1 aromatic carbocycles. The third-order valence-electron chi connectivity index (χ3n) is 5.74. The minimum atomic E-state index is -0.565. The van der Waals surface area contributed by atoms with E-state index in [9.17, 15) is 14.4 Å². The van der Waals surface area contributed by atoms with Crippen LogP contribution in [0, 0.1) is 13.8 Å². The van der Waals surface area contributed by atoms with E-state index in [2.05, 4.69) is 5.10 Å². The van der Waals surface area contributed by atoms with Gasteiger partial charge in [-0.3, -0.25) is 14.3 Å². The number of nitrogens with zero attached hydrogens (tertiary/aromatic N) is 4. The van der Waals surface area contributed by atoms with Gasteiger partial charge >= 0.3 is 5.97 Å². The summed E-state index contributed by atoms with van der Waals surface area (Å²) in [6.07, 6.45) is 1.45. The van der Waals surface area contributed by atoms with Gasteiger partial charge in [0.2, 0.25) is 0 Å². The molecular formula is C24H26N4O5. The number of carbonyl (C=O) groups excluding carboxylic acids is 3. The Labute approximate surface area is 191 Å². The van der Waals surface area contributed by atoms with Gasteiger partial charge in [0, 0.05) is 26.2 Å². The Hall–Kier alpha value is -3.88. The zero-order valence-electron chi connectivity index (χ0n) is 18.7. The summed E-state index contributed by atoms with van der Waals surface area (Å²) >= 11 is 0. The highest BCUT2D eigenvalue weighted by atomic mass is 16.5. The molecule has 0 aliphatic carbocycles. The SMILES string of the molecule is Cc1nn(Cc2ccccc2)c(C)c1C(=O)OCC(=O)N1CCN(C(=O)c2ccco2)CC1. The molecule has 33 heavy (non-hydrogen) atoms. The first-order valence-corrected chi connectivity index (χ1v) is 10.8. The molecular weight excluding hydrogens is 424 g/mol. The van der Waals surface area contributed by atoms with Gasteiger partial charge in [-0.2, -0.15) is 5.10 Å². The maximum Gasteiger partial charge on any atom is 0.342 e. The molecule has 1 saturated heterocycles. The molecule has 1 aliphatic heterocycles. The molecule has 2 amide bonds. The smallest absolute Gasteiger partial charge is 0.342 e. The van der Waals surface area contributed by atoms with Crippen LogP contribution < -0.4 is 0 Å². The van der Waals surface area contributed by atoms with E-state index in [0.29, 0.717) is 49.7 Å². The first-order chi connectivity index (χ1) is 15.9. The van der Waals surface area contributed by atoms with Crippen molar-refractivity contribution in [2.75, 3.05) is 32.8 Å². The Kier molecular flexibility index (Phi) is 6.58. The van der Waals surface area contributed by atoms with Crippen molar-refractivity contribution in [3.8, 4) is 0 Å². The van der Waals surface area contributed by atoms with Gasteiger partial charge in [0.1, 0.15) is 5.56 Å². The molecule has 172 valence electrons. The lowest BCUT2D eigenvalue weighted by Crippen LogP contribution is -2.51. The van der Waals surface area contributed by atoms with Gasteiger partial charge < -0.3 is 19.0 Å². The van der Waals surface area contributed by atoms with E-state index in [-0.39, 0.29) is 24.2 Å². The van der Waals surface area contributed by atoms with Crippen molar-refractivity contribution in [2.45, 2.75) is 20.4 Å². The van der Waals surface area contributed by atoms with E-state index in [1.807, 2.05) is 37.3 Å². The molecule has 0 N–H and O–H groups in total. The molecule has 3 heterocycles. The first-order valence-electron chi connectivity index (χ1n) is 10.8. The largest absolute Gasteiger partial charge is 0.459 e. The molecule has 2 aromatic heterocycles. The molecule has 4 rings (SSSR count). The lowest BCUT2D eigenvalue weighted by atomic mass is 10.2. The van der Waals surface area contributed by atoms with Crippen LogP contribution in [0.25, 0.3) is 0 Å². The number of hydrogen-bond acceptors (Lipinski definition) is 6. The van der Waals surface area contributed by atoms with Gasteiger partial charge in [0.05, 0.1) is 24.2 Å². The van der Waals surface area contributed by atoms with Crippen LogP contribution in [0.15, 0.2) is 53.1 Å². The summed E-state index contributed by atoms with van der Waals surface area (Å²) in [6, 6.07) is 13.1. The summed E-state index contributed by atoms with van der Waals surface area (Å²) in [7, 11) is 0. The second-order valence-electron chi connectivity index (χ2n) is 7.92. The molecule has 1 aliphatic rings. The van der Waals surface area contributed by atoms with Crippen LogP contribution in [0.2, 0.25) is 0 Å². The summed E-state index contributed by atoms with van der Waals surface area (Å²) in [5.41, 5.74) is 2.71. The van der Waals surface area contributed by atoms with Crippen LogP contribution in [0.5, 0.6) is 0 Å². The number of ether oxygens (including phenoxy) is 1. The van der Waals surface area contributed by atoms with E-state index < -0.39 is 5.97 Å². The van der Waals surface area contributed by atoms with Crippen molar-refractivity contribution in [3.63, 3.8) is 0 Å². The van der Waals surface area contributed by atoms with Crippen LogP contribution in [-0.2, 0) is 16.1 Å². The van der Waals surface area contributed by atoms with Crippen molar-refractivity contribution in [1.29, 1.82) is 0 Å². The average Bonchev–Trinajstić information content (AvgIpc) is 3.46. The minimum absolute atomic E-state index is 0.197. The number of carbonyl (C=O) groups is 3. The Morgan fingerprint density at radius 1 is 0.970 bits per heavy atom. The average molecular weight is 450 g/mol.